The molecule has 1 rings (SSSR count). The van der Waals surface area contributed by atoms with Crippen LogP contribution in [0, 0.1) is 0 Å². The third-order valence-corrected chi connectivity index (χ3v) is 2.96. The van der Waals surface area contributed by atoms with Gasteiger partial charge in [0.25, 0.3) is 0 Å². The number of hydrogen-bond acceptors (Lipinski definition) is 2. The normalized spacial score (nSPS) is 11.5. The lowest BCUT2D eigenvalue weighted by Gasteiger charge is -2.19. The summed E-state index contributed by atoms with van der Waals surface area (Å²) >= 11 is 0. The first-order valence-corrected chi connectivity index (χ1v) is 5.88. The van der Waals surface area contributed by atoms with Crippen LogP contribution in [0.1, 0.15) is 61.8 Å². The van der Waals surface area contributed by atoms with E-state index in [9.17, 15) is 10.2 Å². The van der Waals surface area contributed by atoms with Crippen molar-refractivity contribution in [3.63, 3.8) is 0 Å². The van der Waals surface area contributed by atoms with E-state index in [1.165, 1.54) is 5.56 Å². The molecule has 0 fully saturated rings. The second-order valence-corrected chi connectivity index (χ2v) is 4.88. The first-order chi connectivity index (χ1) is 7.51. The van der Waals surface area contributed by atoms with Crippen molar-refractivity contribution in [1.29, 1.82) is 0 Å². The summed E-state index contributed by atoms with van der Waals surface area (Å²) in [5, 5.41) is 18.8. The van der Waals surface area contributed by atoms with Gasteiger partial charge >= 0.3 is 0 Å². The highest BCUT2D eigenvalue weighted by molar-refractivity contribution is 5.41. The first-order valence-electron chi connectivity index (χ1n) is 5.88. The summed E-state index contributed by atoms with van der Waals surface area (Å²) in [6.07, 6.45) is 0. The maximum absolute atomic E-state index is 9.41. The molecule has 0 spiro atoms. The van der Waals surface area contributed by atoms with Crippen LogP contribution in [-0.4, -0.2) is 10.2 Å². The zero-order valence-electron chi connectivity index (χ0n) is 10.6. The van der Waals surface area contributed by atoms with Gasteiger partial charge in [0.15, 0.2) is 0 Å². The third-order valence-electron chi connectivity index (χ3n) is 2.96. The van der Waals surface area contributed by atoms with Crippen molar-refractivity contribution in [2.45, 2.75) is 52.7 Å². The van der Waals surface area contributed by atoms with Crippen LogP contribution in [0.4, 0.5) is 0 Å². The molecular formula is C14H22O2. The highest BCUT2D eigenvalue weighted by atomic mass is 16.3. The summed E-state index contributed by atoms with van der Waals surface area (Å²) in [5.41, 5.74) is 4.17. The summed E-state index contributed by atoms with van der Waals surface area (Å²) in [4.78, 5) is 0. The lowest BCUT2D eigenvalue weighted by molar-refractivity contribution is 0.271. The molecule has 0 aliphatic rings. The van der Waals surface area contributed by atoms with Crippen LogP contribution in [0.5, 0.6) is 0 Å². The van der Waals surface area contributed by atoms with Gasteiger partial charge in [-0.05, 0) is 34.1 Å². The number of aliphatic hydroxyl groups excluding tert-OH is 2. The molecule has 0 amide bonds. The van der Waals surface area contributed by atoms with Gasteiger partial charge in [-0.15, -0.1) is 0 Å². The summed E-state index contributed by atoms with van der Waals surface area (Å²) in [5.74, 6) is 0.738. The van der Waals surface area contributed by atoms with Crippen LogP contribution >= 0.6 is 0 Å². The van der Waals surface area contributed by atoms with Gasteiger partial charge in [0, 0.05) is 0 Å². The summed E-state index contributed by atoms with van der Waals surface area (Å²) in [7, 11) is 0. The molecule has 0 atom stereocenters. The summed E-state index contributed by atoms with van der Waals surface area (Å²) in [6.45, 7) is 8.49. The van der Waals surface area contributed by atoms with Crippen LogP contribution in [0.3, 0.4) is 0 Å². The standard InChI is InChI=1S/C14H22O2/c1-9(2)11-5-12(7-15)14(10(3)4)13(6-11)8-16/h5-6,9-10,15-16H,7-8H2,1-4H3. The zero-order valence-corrected chi connectivity index (χ0v) is 10.6. The van der Waals surface area contributed by atoms with Crippen molar-refractivity contribution in [2.75, 3.05) is 0 Å². The fourth-order valence-corrected chi connectivity index (χ4v) is 2.14. The quantitative estimate of drug-likeness (QED) is 0.822. The predicted molar refractivity (Wildman–Crippen MR) is 66.5 cm³/mol. The van der Waals surface area contributed by atoms with Crippen molar-refractivity contribution in [1.82, 2.24) is 0 Å². The first kappa shape index (κ1) is 13.2. The number of hydrogen-bond donors (Lipinski definition) is 2. The van der Waals surface area contributed by atoms with E-state index >= 15 is 0 Å². The Hall–Kier alpha value is -0.860. The van der Waals surface area contributed by atoms with Crippen molar-refractivity contribution in [2.24, 2.45) is 0 Å². The molecule has 0 bridgehead atoms. The Labute approximate surface area is 97.9 Å². The smallest absolute Gasteiger partial charge is 0.0684 e. The molecule has 0 aliphatic carbocycles. The van der Waals surface area contributed by atoms with Crippen LogP contribution in [-0.2, 0) is 13.2 Å². The number of benzene rings is 1. The van der Waals surface area contributed by atoms with Crippen molar-refractivity contribution in [3.8, 4) is 0 Å². The van der Waals surface area contributed by atoms with Gasteiger partial charge in [0.05, 0.1) is 13.2 Å². The molecule has 1 aromatic rings. The molecule has 2 N–H and O–H groups in total. The average Bonchev–Trinajstić information content (AvgIpc) is 2.26. The molecule has 0 aliphatic heterocycles. The Morgan fingerprint density at radius 3 is 1.56 bits per heavy atom. The maximum Gasteiger partial charge on any atom is 0.0684 e. The highest BCUT2D eigenvalue weighted by Gasteiger charge is 2.14. The number of aliphatic hydroxyl groups is 2. The van der Waals surface area contributed by atoms with E-state index in [1.807, 2.05) is 0 Å². The molecule has 0 saturated heterocycles. The Morgan fingerprint density at radius 1 is 0.875 bits per heavy atom. The van der Waals surface area contributed by atoms with E-state index in [4.69, 9.17) is 0 Å². The lowest BCUT2D eigenvalue weighted by Crippen LogP contribution is -2.05. The van der Waals surface area contributed by atoms with Crippen molar-refractivity contribution < 1.29 is 10.2 Å². The minimum atomic E-state index is 0.0427. The van der Waals surface area contributed by atoms with Gasteiger partial charge in [-0.1, -0.05) is 39.8 Å². The molecule has 0 unspecified atom stereocenters. The zero-order chi connectivity index (χ0) is 12.3. The molecule has 2 heteroatoms. The Kier molecular flexibility index (Phi) is 4.51. The monoisotopic (exact) mass is 222 g/mol. The molecule has 0 radical (unpaired) electrons. The van der Waals surface area contributed by atoms with Gasteiger partial charge in [0.1, 0.15) is 0 Å². The molecule has 2 nitrogen and oxygen atoms in total. The van der Waals surface area contributed by atoms with Crippen molar-refractivity contribution >= 4 is 0 Å². The average molecular weight is 222 g/mol. The molecule has 0 saturated carbocycles. The molecule has 1 aromatic carbocycles. The third kappa shape index (κ3) is 2.63. The van der Waals surface area contributed by atoms with Crippen LogP contribution in [0.25, 0.3) is 0 Å². The topological polar surface area (TPSA) is 40.5 Å². The Morgan fingerprint density at radius 2 is 1.31 bits per heavy atom. The fourth-order valence-electron chi connectivity index (χ4n) is 2.14. The van der Waals surface area contributed by atoms with Gasteiger partial charge in [-0.3, -0.25) is 0 Å². The van der Waals surface area contributed by atoms with E-state index in [0.29, 0.717) is 11.8 Å². The molecule has 0 heterocycles. The van der Waals surface area contributed by atoms with Gasteiger partial charge < -0.3 is 10.2 Å². The van der Waals surface area contributed by atoms with E-state index < -0.39 is 0 Å². The Balaban J connectivity index is 3.37. The minimum absolute atomic E-state index is 0.0427. The second-order valence-electron chi connectivity index (χ2n) is 4.88. The number of rotatable bonds is 4. The second kappa shape index (κ2) is 5.46. The van der Waals surface area contributed by atoms with E-state index in [-0.39, 0.29) is 13.2 Å². The highest BCUT2D eigenvalue weighted by Crippen LogP contribution is 2.28. The Bertz CT molecular complexity index is 329. The van der Waals surface area contributed by atoms with Gasteiger partial charge in [-0.25, -0.2) is 0 Å². The molecular weight excluding hydrogens is 200 g/mol. The predicted octanol–water partition coefficient (Wildman–Crippen LogP) is 2.92. The fraction of sp³-hybridized carbons (Fsp3) is 0.571. The van der Waals surface area contributed by atoms with Gasteiger partial charge in [-0.2, -0.15) is 0 Å². The van der Waals surface area contributed by atoms with Crippen molar-refractivity contribution in [3.05, 3.63) is 34.4 Å². The van der Waals surface area contributed by atoms with E-state index in [2.05, 4.69) is 39.8 Å². The SMILES string of the molecule is CC(C)c1cc(CO)c(C(C)C)c(CO)c1. The van der Waals surface area contributed by atoms with Crippen LogP contribution in [0.2, 0.25) is 0 Å². The van der Waals surface area contributed by atoms with E-state index in [1.54, 1.807) is 0 Å². The molecule has 16 heavy (non-hydrogen) atoms. The lowest BCUT2D eigenvalue weighted by atomic mass is 9.88. The maximum atomic E-state index is 9.41. The van der Waals surface area contributed by atoms with Crippen LogP contribution < -0.4 is 0 Å². The van der Waals surface area contributed by atoms with E-state index in [0.717, 1.165) is 16.7 Å². The summed E-state index contributed by atoms with van der Waals surface area (Å²) in [6, 6.07) is 4.11. The molecule has 90 valence electrons. The summed E-state index contributed by atoms with van der Waals surface area (Å²) < 4.78 is 0. The largest absolute Gasteiger partial charge is 0.392 e. The minimum Gasteiger partial charge on any atom is -0.392 e. The molecule has 0 aromatic heterocycles. The van der Waals surface area contributed by atoms with Gasteiger partial charge in [0.2, 0.25) is 0 Å². The van der Waals surface area contributed by atoms with Crippen LogP contribution in [0.15, 0.2) is 12.1 Å².